The number of hydrogen-bond donors (Lipinski definition) is 1. The molecule has 0 aliphatic rings. The van der Waals surface area contributed by atoms with Crippen molar-refractivity contribution < 1.29 is 9.72 Å². The second-order valence-electron chi connectivity index (χ2n) is 4.15. The fourth-order valence-electron chi connectivity index (χ4n) is 1.63. The fraction of sp³-hybridized carbons (Fsp3) is 0. The van der Waals surface area contributed by atoms with Crippen LogP contribution in [0.25, 0.3) is 6.08 Å². The Bertz CT molecular complexity index is 699. The zero-order valence-corrected chi connectivity index (χ0v) is 11.6. The molecule has 2 rings (SSSR count). The number of carbonyl (C=O) groups is 1. The molecule has 2 aromatic rings. The molecule has 0 saturated carbocycles. The molecule has 0 heterocycles. The lowest BCUT2D eigenvalue weighted by Crippen LogP contribution is -2.08. The number of nitrogens with zero attached hydrogens (tertiary/aromatic N) is 1. The van der Waals surface area contributed by atoms with Crippen LogP contribution in [0.5, 0.6) is 0 Å². The zero-order chi connectivity index (χ0) is 15.2. The maximum atomic E-state index is 11.8. The van der Waals surface area contributed by atoms with E-state index in [9.17, 15) is 14.9 Å². The number of amides is 1. The van der Waals surface area contributed by atoms with Gasteiger partial charge in [0.25, 0.3) is 5.69 Å². The average Bonchev–Trinajstić information content (AvgIpc) is 2.48. The molecule has 0 bridgehead atoms. The van der Waals surface area contributed by atoms with Gasteiger partial charge in [-0.1, -0.05) is 41.9 Å². The summed E-state index contributed by atoms with van der Waals surface area (Å²) in [6.07, 6.45) is 3.03. The molecular weight excluding hydrogens is 292 g/mol. The Balaban J connectivity index is 2.06. The van der Waals surface area contributed by atoms with Gasteiger partial charge in [0.05, 0.1) is 15.6 Å². The van der Waals surface area contributed by atoms with Crippen LogP contribution >= 0.6 is 11.6 Å². The Morgan fingerprint density at radius 3 is 2.52 bits per heavy atom. The second kappa shape index (κ2) is 6.67. The lowest BCUT2D eigenvalue weighted by Gasteiger charge is -2.04. The summed E-state index contributed by atoms with van der Waals surface area (Å²) >= 11 is 5.89. The summed E-state index contributed by atoms with van der Waals surface area (Å²) in [5.41, 5.74) is 1.09. The molecule has 0 spiro atoms. The SMILES string of the molecule is O=C(C=Cc1ccccc1)Nc1ccc([N+](=O)[O-])cc1Cl. The highest BCUT2D eigenvalue weighted by Gasteiger charge is 2.10. The van der Waals surface area contributed by atoms with Crippen molar-refractivity contribution >= 4 is 35.0 Å². The summed E-state index contributed by atoms with van der Waals surface area (Å²) in [6, 6.07) is 13.2. The molecule has 0 radical (unpaired) electrons. The molecule has 0 unspecified atom stereocenters. The Morgan fingerprint density at radius 2 is 1.90 bits per heavy atom. The highest BCUT2D eigenvalue weighted by molar-refractivity contribution is 6.34. The van der Waals surface area contributed by atoms with Gasteiger partial charge in [0.15, 0.2) is 0 Å². The highest BCUT2D eigenvalue weighted by atomic mass is 35.5. The minimum Gasteiger partial charge on any atom is -0.321 e. The minimum atomic E-state index is -0.549. The number of nitro groups is 1. The third kappa shape index (κ3) is 4.15. The van der Waals surface area contributed by atoms with E-state index >= 15 is 0 Å². The van der Waals surface area contributed by atoms with Gasteiger partial charge in [-0.05, 0) is 17.7 Å². The van der Waals surface area contributed by atoms with E-state index in [0.717, 1.165) is 5.56 Å². The van der Waals surface area contributed by atoms with Gasteiger partial charge in [-0.3, -0.25) is 14.9 Å². The number of halogens is 1. The molecule has 0 saturated heterocycles. The fourth-order valence-corrected chi connectivity index (χ4v) is 1.85. The Hall–Kier alpha value is -2.66. The van der Waals surface area contributed by atoms with Crippen molar-refractivity contribution in [3.05, 3.63) is 75.3 Å². The molecule has 21 heavy (non-hydrogen) atoms. The van der Waals surface area contributed by atoms with E-state index in [4.69, 9.17) is 11.6 Å². The molecule has 0 aliphatic heterocycles. The molecule has 0 fully saturated rings. The quantitative estimate of drug-likeness (QED) is 0.529. The maximum Gasteiger partial charge on any atom is 0.271 e. The molecule has 106 valence electrons. The molecular formula is C15H11ClN2O3. The lowest BCUT2D eigenvalue weighted by atomic mass is 10.2. The first-order chi connectivity index (χ1) is 10.1. The first kappa shape index (κ1) is 14.7. The van der Waals surface area contributed by atoms with Crippen molar-refractivity contribution in [1.29, 1.82) is 0 Å². The highest BCUT2D eigenvalue weighted by Crippen LogP contribution is 2.26. The molecule has 5 nitrogen and oxygen atoms in total. The van der Waals surface area contributed by atoms with Crippen LogP contribution in [0.15, 0.2) is 54.6 Å². The van der Waals surface area contributed by atoms with Crippen LogP contribution in [0, 0.1) is 10.1 Å². The van der Waals surface area contributed by atoms with E-state index in [1.807, 2.05) is 30.3 Å². The van der Waals surface area contributed by atoms with Gasteiger partial charge in [0.2, 0.25) is 5.91 Å². The second-order valence-corrected chi connectivity index (χ2v) is 4.56. The van der Waals surface area contributed by atoms with E-state index in [1.54, 1.807) is 6.08 Å². The van der Waals surface area contributed by atoms with Crippen molar-refractivity contribution in [1.82, 2.24) is 0 Å². The summed E-state index contributed by atoms with van der Waals surface area (Å²) in [7, 11) is 0. The van der Waals surface area contributed by atoms with Crippen LogP contribution in [-0.2, 0) is 4.79 Å². The van der Waals surface area contributed by atoms with Gasteiger partial charge in [0.1, 0.15) is 0 Å². The number of non-ortho nitro benzene ring substituents is 1. The number of carbonyl (C=O) groups excluding carboxylic acids is 1. The monoisotopic (exact) mass is 302 g/mol. The topological polar surface area (TPSA) is 72.2 Å². The third-order valence-corrected chi connectivity index (χ3v) is 2.96. The van der Waals surface area contributed by atoms with Crippen LogP contribution < -0.4 is 5.32 Å². The summed E-state index contributed by atoms with van der Waals surface area (Å²) in [5.74, 6) is -0.366. The summed E-state index contributed by atoms with van der Waals surface area (Å²) in [5, 5.41) is 13.3. The van der Waals surface area contributed by atoms with Gasteiger partial charge >= 0.3 is 0 Å². The van der Waals surface area contributed by atoms with E-state index < -0.39 is 4.92 Å². The normalized spacial score (nSPS) is 10.5. The van der Waals surface area contributed by atoms with E-state index in [2.05, 4.69) is 5.32 Å². The molecule has 0 aromatic heterocycles. The van der Waals surface area contributed by atoms with Crippen LogP contribution in [-0.4, -0.2) is 10.8 Å². The minimum absolute atomic E-state index is 0.116. The van der Waals surface area contributed by atoms with Gasteiger partial charge in [-0.25, -0.2) is 0 Å². The number of nitro benzene ring substituents is 1. The standard InChI is InChI=1S/C15H11ClN2O3/c16-13-10-12(18(20)21)7-8-14(13)17-15(19)9-6-11-4-2-1-3-5-11/h1-10H,(H,17,19). The van der Waals surface area contributed by atoms with Gasteiger partial charge in [-0.2, -0.15) is 0 Å². The molecule has 2 aromatic carbocycles. The first-order valence-corrected chi connectivity index (χ1v) is 6.42. The van der Waals surface area contributed by atoms with Crippen molar-refractivity contribution in [2.75, 3.05) is 5.32 Å². The average molecular weight is 303 g/mol. The molecule has 0 atom stereocenters. The van der Waals surface area contributed by atoms with Crippen molar-refractivity contribution in [2.45, 2.75) is 0 Å². The lowest BCUT2D eigenvalue weighted by molar-refractivity contribution is -0.384. The van der Waals surface area contributed by atoms with Crippen molar-refractivity contribution in [3.8, 4) is 0 Å². The molecule has 1 amide bonds. The Labute approximate surface area is 126 Å². The Kier molecular flexibility index (Phi) is 4.68. The van der Waals surface area contributed by atoms with Crippen LogP contribution in [0.1, 0.15) is 5.56 Å². The van der Waals surface area contributed by atoms with Crippen LogP contribution in [0.4, 0.5) is 11.4 Å². The predicted molar refractivity (Wildman–Crippen MR) is 82.2 cm³/mol. The summed E-state index contributed by atoms with van der Waals surface area (Å²) < 4.78 is 0. The number of rotatable bonds is 4. The summed E-state index contributed by atoms with van der Waals surface area (Å²) in [6.45, 7) is 0. The Morgan fingerprint density at radius 1 is 1.19 bits per heavy atom. The largest absolute Gasteiger partial charge is 0.321 e. The smallest absolute Gasteiger partial charge is 0.271 e. The van der Waals surface area contributed by atoms with Crippen molar-refractivity contribution in [2.24, 2.45) is 0 Å². The predicted octanol–water partition coefficient (Wildman–Crippen LogP) is 3.90. The first-order valence-electron chi connectivity index (χ1n) is 6.04. The van der Waals surface area contributed by atoms with E-state index in [1.165, 1.54) is 24.3 Å². The molecule has 1 N–H and O–H groups in total. The zero-order valence-electron chi connectivity index (χ0n) is 10.8. The molecule has 6 heteroatoms. The summed E-state index contributed by atoms with van der Waals surface area (Å²) in [4.78, 5) is 21.8. The number of hydrogen-bond acceptors (Lipinski definition) is 3. The maximum absolute atomic E-state index is 11.8. The van der Waals surface area contributed by atoms with Crippen LogP contribution in [0.2, 0.25) is 5.02 Å². The van der Waals surface area contributed by atoms with Gasteiger partial charge in [-0.15, -0.1) is 0 Å². The number of nitrogens with one attached hydrogen (secondary N) is 1. The van der Waals surface area contributed by atoms with Crippen molar-refractivity contribution in [3.63, 3.8) is 0 Å². The third-order valence-electron chi connectivity index (χ3n) is 2.65. The van der Waals surface area contributed by atoms with E-state index in [0.29, 0.717) is 5.69 Å². The number of anilines is 1. The van der Waals surface area contributed by atoms with Crippen LogP contribution in [0.3, 0.4) is 0 Å². The van der Waals surface area contributed by atoms with Gasteiger partial charge < -0.3 is 5.32 Å². The van der Waals surface area contributed by atoms with E-state index in [-0.39, 0.29) is 16.6 Å². The molecule has 0 aliphatic carbocycles. The van der Waals surface area contributed by atoms with Gasteiger partial charge in [0, 0.05) is 18.2 Å². The number of benzene rings is 2.